The first-order chi connectivity index (χ1) is 12.7. The van der Waals surface area contributed by atoms with Crippen LogP contribution in [0.4, 0.5) is 0 Å². The fourth-order valence-electron chi connectivity index (χ4n) is 3.16. The lowest BCUT2D eigenvalue weighted by molar-refractivity contribution is 0.0728. The van der Waals surface area contributed by atoms with Gasteiger partial charge in [-0.3, -0.25) is 9.78 Å². The Bertz CT molecular complexity index is 947. The number of ether oxygens (including phenoxy) is 1. The number of aromatic nitrogens is 2. The molecule has 3 heterocycles. The van der Waals surface area contributed by atoms with Crippen LogP contribution in [0.15, 0.2) is 47.1 Å². The zero-order valence-electron chi connectivity index (χ0n) is 14.7. The Kier molecular flexibility index (Phi) is 4.16. The van der Waals surface area contributed by atoms with Crippen molar-refractivity contribution in [3.05, 3.63) is 65.2 Å². The Balaban J connectivity index is 1.63. The topological polar surface area (TPSA) is 68.5 Å². The summed E-state index contributed by atoms with van der Waals surface area (Å²) in [5.41, 5.74) is 4.12. The normalized spacial score (nSPS) is 13.4. The van der Waals surface area contributed by atoms with Crippen molar-refractivity contribution in [2.75, 3.05) is 13.7 Å². The van der Waals surface area contributed by atoms with Crippen molar-refractivity contribution in [1.29, 1.82) is 0 Å². The lowest BCUT2D eigenvalue weighted by atomic mass is 10.0. The third-order valence-corrected chi connectivity index (χ3v) is 4.62. The Hall–Kier alpha value is -3.15. The van der Waals surface area contributed by atoms with Gasteiger partial charge in [-0.1, -0.05) is 17.3 Å². The number of rotatable bonds is 3. The molecule has 0 spiro atoms. The van der Waals surface area contributed by atoms with Crippen LogP contribution in [0.3, 0.4) is 0 Å². The molecule has 6 heteroatoms. The molecule has 0 saturated heterocycles. The van der Waals surface area contributed by atoms with Gasteiger partial charge in [0.05, 0.1) is 19.2 Å². The summed E-state index contributed by atoms with van der Waals surface area (Å²) >= 11 is 0. The van der Waals surface area contributed by atoms with E-state index < -0.39 is 0 Å². The number of aryl methyl sites for hydroxylation is 1. The molecule has 0 atom stereocenters. The van der Waals surface area contributed by atoms with Gasteiger partial charge >= 0.3 is 0 Å². The van der Waals surface area contributed by atoms with Crippen molar-refractivity contribution in [2.24, 2.45) is 0 Å². The van der Waals surface area contributed by atoms with Crippen LogP contribution in [-0.2, 0) is 13.0 Å². The maximum atomic E-state index is 12.8. The third-order valence-electron chi connectivity index (χ3n) is 4.62. The van der Waals surface area contributed by atoms with Crippen molar-refractivity contribution in [1.82, 2.24) is 15.0 Å². The van der Waals surface area contributed by atoms with Gasteiger partial charge < -0.3 is 14.2 Å². The monoisotopic (exact) mass is 349 g/mol. The van der Waals surface area contributed by atoms with Gasteiger partial charge in [0, 0.05) is 36.0 Å². The number of hydrogen-bond acceptors (Lipinski definition) is 5. The fourth-order valence-corrected chi connectivity index (χ4v) is 3.16. The summed E-state index contributed by atoms with van der Waals surface area (Å²) in [5.74, 6) is 1.57. The van der Waals surface area contributed by atoms with E-state index >= 15 is 0 Å². The van der Waals surface area contributed by atoms with E-state index in [9.17, 15) is 4.79 Å². The molecule has 0 saturated carbocycles. The van der Waals surface area contributed by atoms with Gasteiger partial charge in [0.1, 0.15) is 17.2 Å². The molecule has 0 N–H and O–H groups in total. The molecule has 2 aromatic heterocycles. The van der Waals surface area contributed by atoms with Crippen LogP contribution >= 0.6 is 0 Å². The van der Waals surface area contributed by atoms with Gasteiger partial charge in [0.15, 0.2) is 0 Å². The molecule has 26 heavy (non-hydrogen) atoms. The zero-order chi connectivity index (χ0) is 18.1. The molecule has 4 rings (SSSR count). The van der Waals surface area contributed by atoms with E-state index in [-0.39, 0.29) is 5.91 Å². The van der Waals surface area contributed by atoms with Crippen molar-refractivity contribution >= 4 is 5.91 Å². The second-order valence-corrected chi connectivity index (χ2v) is 6.33. The Morgan fingerprint density at radius 2 is 2.15 bits per heavy atom. The lowest BCUT2D eigenvalue weighted by Crippen LogP contribution is -2.35. The van der Waals surface area contributed by atoms with Crippen LogP contribution in [0, 0.1) is 6.92 Å². The average molecular weight is 349 g/mol. The quantitative estimate of drug-likeness (QED) is 0.726. The number of hydrogen-bond donors (Lipinski definition) is 0. The lowest BCUT2D eigenvalue weighted by Gasteiger charge is -2.26. The predicted octanol–water partition coefficient (Wildman–Crippen LogP) is 3.25. The van der Waals surface area contributed by atoms with E-state index in [2.05, 4.69) is 10.1 Å². The van der Waals surface area contributed by atoms with Gasteiger partial charge in [-0.05, 0) is 31.2 Å². The molecule has 132 valence electrons. The molecule has 6 nitrogen and oxygen atoms in total. The van der Waals surface area contributed by atoms with E-state index in [0.717, 1.165) is 34.0 Å². The van der Waals surface area contributed by atoms with Crippen molar-refractivity contribution in [3.8, 4) is 17.0 Å². The standard InChI is InChI=1S/C20H19N3O3/c1-13-6-7-15(11-21-13)20(24)23-9-8-18-17(12-23)19(22-26-18)14-4-3-5-16(10-14)25-2/h3-7,10-11H,8-9,12H2,1-2H3. The summed E-state index contributed by atoms with van der Waals surface area (Å²) in [5, 5.41) is 4.24. The summed E-state index contributed by atoms with van der Waals surface area (Å²) in [6.45, 7) is 2.98. The zero-order valence-corrected chi connectivity index (χ0v) is 14.7. The third kappa shape index (κ3) is 2.94. The smallest absolute Gasteiger partial charge is 0.255 e. The largest absolute Gasteiger partial charge is 0.497 e. The minimum atomic E-state index is -0.0269. The summed E-state index contributed by atoms with van der Waals surface area (Å²) < 4.78 is 10.8. The van der Waals surface area contributed by atoms with E-state index in [1.165, 1.54) is 0 Å². The van der Waals surface area contributed by atoms with Crippen LogP contribution < -0.4 is 4.74 Å². The predicted molar refractivity (Wildman–Crippen MR) is 95.9 cm³/mol. The van der Waals surface area contributed by atoms with Crippen LogP contribution in [0.2, 0.25) is 0 Å². The first-order valence-electron chi connectivity index (χ1n) is 8.49. The number of methoxy groups -OCH3 is 1. The molecular weight excluding hydrogens is 330 g/mol. The fraction of sp³-hybridized carbons (Fsp3) is 0.250. The molecule has 0 unspecified atom stereocenters. The molecule has 0 aliphatic carbocycles. The summed E-state index contributed by atoms with van der Waals surface area (Å²) in [7, 11) is 1.63. The van der Waals surface area contributed by atoms with Crippen LogP contribution in [-0.4, -0.2) is 34.6 Å². The number of fused-ring (bicyclic) bond motifs is 1. The van der Waals surface area contributed by atoms with E-state index in [0.29, 0.717) is 25.1 Å². The highest BCUT2D eigenvalue weighted by Crippen LogP contribution is 2.32. The minimum absolute atomic E-state index is 0.0269. The molecule has 1 aliphatic rings. The molecule has 0 fully saturated rings. The maximum Gasteiger partial charge on any atom is 0.255 e. The highest BCUT2D eigenvalue weighted by atomic mass is 16.5. The van der Waals surface area contributed by atoms with Crippen LogP contribution in [0.25, 0.3) is 11.3 Å². The highest BCUT2D eigenvalue weighted by molar-refractivity contribution is 5.94. The van der Waals surface area contributed by atoms with Crippen molar-refractivity contribution < 1.29 is 14.1 Å². The van der Waals surface area contributed by atoms with Gasteiger partial charge in [0.2, 0.25) is 0 Å². The highest BCUT2D eigenvalue weighted by Gasteiger charge is 2.28. The SMILES string of the molecule is COc1cccc(-c2noc3c2CN(C(=O)c2ccc(C)nc2)CC3)c1. The molecule has 1 aromatic carbocycles. The maximum absolute atomic E-state index is 12.8. The van der Waals surface area contributed by atoms with E-state index in [1.807, 2.05) is 48.2 Å². The first kappa shape index (κ1) is 16.3. The molecule has 1 aliphatic heterocycles. The van der Waals surface area contributed by atoms with E-state index in [4.69, 9.17) is 9.26 Å². The Morgan fingerprint density at radius 3 is 2.92 bits per heavy atom. The molecule has 0 radical (unpaired) electrons. The molecular formula is C20H19N3O3. The van der Waals surface area contributed by atoms with Gasteiger partial charge in [-0.15, -0.1) is 0 Å². The molecule has 0 bridgehead atoms. The number of pyridine rings is 1. The number of carbonyl (C=O) groups is 1. The minimum Gasteiger partial charge on any atom is -0.497 e. The van der Waals surface area contributed by atoms with Gasteiger partial charge in [-0.25, -0.2) is 0 Å². The summed E-state index contributed by atoms with van der Waals surface area (Å²) in [6, 6.07) is 11.4. The number of carbonyl (C=O) groups excluding carboxylic acids is 1. The van der Waals surface area contributed by atoms with Gasteiger partial charge in [-0.2, -0.15) is 0 Å². The average Bonchev–Trinajstić information content (AvgIpc) is 3.11. The van der Waals surface area contributed by atoms with Crippen LogP contribution in [0.5, 0.6) is 5.75 Å². The second kappa shape index (κ2) is 6.63. The molecule has 1 amide bonds. The molecule has 3 aromatic rings. The van der Waals surface area contributed by atoms with Crippen molar-refractivity contribution in [3.63, 3.8) is 0 Å². The number of benzene rings is 1. The summed E-state index contributed by atoms with van der Waals surface area (Å²) in [4.78, 5) is 18.8. The van der Waals surface area contributed by atoms with Crippen molar-refractivity contribution in [2.45, 2.75) is 19.9 Å². The summed E-state index contributed by atoms with van der Waals surface area (Å²) in [6.07, 6.45) is 2.28. The van der Waals surface area contributed by atoms with Gasteiger partial charge in [0.25, 0.3) is 5.91 Å². The van der Waals surface area contributed by atoms with Crippen LogP contribution in [0.1, 0.15) is 27.4 Å². The number of nitrogens with zero attached hydrogens (tertiary/aromatic N) is 3. The first-order valence-corrected chi connectivity index (χ1v) is 8.49. The Morgan fingerprint density at radius 1 is 1.27 bits per heavy atom. The second-order valence-electron chi connectivity index (χ2n) is 6.33. The van der Waals surface area contributed by atoms with E-state index in [1.54, 1.807) is 13.3 Å². The number of amides is 1. The Labute approximate surface area is 151 Å².